The zero-order valence-electron chi connectivity index (χ0n) is 12.0. The molecule has 1 N–H and O–H groups in total. The van der Waals surface area contributed by atoms with Crippen LogP contribution in [-0.4, -0.2) is 16.3 Å². The highest BCUT2D eigenvalue weighted by Gasteiger charge is 2.21. The van der Waals surface area contributed by atoms with E-state index in [1.54, 1.807) is 6.20 Å². The molecule has 1 rings (SSSR count). The molecule has 0 aromatic carbocycles. The first-order chi connectivity index (χ1) is 8.63. The van der Waals surface area contributed by atoms with Crippen LogP contribution in [0.5, 0.6) is 0 Å². The minimum absolute atomic E-state index is 0.312. The van der Waals surface area contributed by atoms with Crippen LogP contribution in [-0.2, 0) is 6.54 Å². The number of halogens is 1. The summed E-state index contributed by atoms with van der Waals surface area (Å²) >= 11 is 6.31. The number of aromatic nitrogens is 2. The third kappa shape index (κ3) is 3.99. The summed E-state index contributed by atoms with van der Waals surface area (Å²) in [7, 11) is 0. The average molecular weight is 272 g/mol. The lowest BCUT2D eigenvalue weighted by Crippen LogP contribution is -2.26. The van der Waals surface area contributed by atoms with Gasteiger partial charge in [-0.2, -0.15) is 5.10 Å². The maximum Gasteiger partial charge on any atom is 0.0834 e. The lowest BCUT2D eigenvalue weighted by atomic mass is 9.97. The van der Waals surface area contributed by atoms with Crippen LogP contribution in [0.15, 0.2) is 6.20 Å². The van der Waals surface area contributed by atoms with Gasteiger partial charge < -0.3 is 5.32 Å². The highest BCUT2D eigenvalue weighted by Crippen LogP contribution is 2.28. The Hall–Kier alpha value is -0.540. The smallest absolute Gasteiger partial charge is 0.0834 e. The predicted octanol–water partition coefficient (Wildman–Crippen LogP) is 4.03. The van der Waals surface area contributed by atoms with Crippen molar-refractivity contribution in [1.82, 2.24) is 15.1 Å². The van der Waals surface area contributed by atoms with Crippen molar-refractivity contribution in [1.29, 1.82) is 0 Å². The molecule has 0 saturated carbocycles. The van der Waals surface area contributed by atoms with Crippen LogP contribution in [0.3, 0.4) is 0 Å². The summed E-state index contributed by atoms with van der Waals surface area (Å²) in [5, 5.41) is 8.72. The van der Waals surface area contributed by atoms with Gasteiger partial charge in [0.05, 0.1) is 23.0 Å². The van der Waals surface area contributed by atoms with Crippen LogP contribution in [0.4, 0.5) is 0 Å². The Morgan fingerprint density at radius 3 is 2.67 bits per heavy atom. The van der Waals surface area contributed by atoms with E-state index in [-0.39, 0.29) is 0 Å². The van der Waals surface area contributed by atoms with E-state index >= 15 is 0 Å². The summed E-state index contributed by atoms with van der Waals surface area (Å²) < 4.78 is 2.05. The summed E-state index contributed by atoms with van der Waals surface area (Å²) in [6, 6.07) is 0.312. The number of nitrogens with zero attached hydrogens (tertiary/aromatic N) is 2. The fourth-order valence-corrected chi connectivity index (χ4v) is 2.49. The van der Waals surface area contributed by atoms with Crippen LogP contribution in [0.2, 0.25) is 5.02 Å². The maximum atomic E-state index is 6.31. The van der Waals surface area contributed by atoms with Gasteiger partial charge >= 0.3 is 0 Å². The van der Waals surface area contributed by atoms with E-state index in [2.05, 4.69) is 42.8 Å². The molecule has 18 heavy (non-hydrogen) atoms. The van der Waals surface area contributed by atoms with Crippen LogP contribution in [0.25, 0.3) is 0 Å². The Balaban J connectivity index is 2.92. The quantitative estimate of drug-likeness (QED) is 0.774. The molecule has 104 valence electrons. The van der Waals surface area contributed by atoms with Gasteiger partial charge in [0.25, 0.3) is 0 Å². The van der Waals surface area contributed by atoms with Gasteiger partial charge in [0.15, 0.2) is 0 Å². The van der Waals surface area contributed by atoms with Crippen molar-refractivity contribution >= 4 is 11.6 Å². The zero-order chi connectivity index (χ0) is 13.5. The largest absolute Gasteiger partial charge is 0.309 e. The molecule has 1 aromatic rings. The lowest BCUT2D eigenvalue weighted by Gasteiger charge is -2.22. The second-order valence-electron chi connectivity index (χ2n) is 4.96. The maximum absolute atomic E-state index is 6.31. The van der Waals surface area contributed by atoms with Gasteiger partial charge in [-0.05, 0) is 25.3 Å². The van der Waals surface area contributed by atoms with Crippen LogP contribution in [0, 0.1) is 5.92 Å². The fraction of sp³-hybridized carbons (Fsp3) is 0.786. The lowest BCUT2D eigenvalue weighted by molar-refractivity contribution is 0.384. The zero-order valence-corrected chi connectivity index (χ0v) is 12.8. The third-order valence-corrected chi connectivity index (χ3v) is 3.68. The van der Waals surface area contributed by atoms with E-state index in [1.165, 1.54) is 6.42 Å². The number of aryl methyl sites for hydroxylation is 1. The molecule has 3 nitrogen and oxygen atoms in total. The molecule has 2 unspecified atom stereocenters. The van der Waals surface area contributed by atoms with Gasteiger partial charge in [-0.25, -0.2) is 0 Å². The first-order valence-electron chi connectivity index (χ1n) is 7.08. The van der Waals surface area contributed by atoms with Crippen molar-refractivity contribution in [2.24, 2.45) is 5.92 Å². The number of hydrogen-bond acceptors (Lipinski definition) is 2. The monoisotopic (exact) mass is 271 g/mol. The van der Waals surface area contributed by atoms with Gasteiger partial charge in [-0.3, -0.25) is 4.68 Å². The van der Waals surface area contributed by atoms with E-state index in [4.69, 9.17) is 11.6 Å². The van der Waals surface area contributed by atoms with E-state index in [1.807, 2.05) is 0 Å². The number of nitrogens with one attached hydrogen (secondary N) is 1. The molecule has 0 aliphatic rings. The molecule has 0 fully saturated rings. The molecular weight excluding hydrogens is 246 g/mol. The molecule has 1 aromatic heterocycles. The van der Waals surface area contributed by atoms with Crippen LogP contribution >= 0.6 is 11.6 Å². The second-order valence-corrected chi connectivity index (χ2v) is 5.37. The Morgan fingerprint density at radius 1 is 1.39 bits per heavy atom. The second kappa shape index (κ2) is 7.80. The van der Waals surface area contributed by atoms with Gasteiger partial charge in [0.1, 0.15) is 0 Å². The Morgan fingerprint density at radius 2 is 2.11 bits per heavy atom. The van der Waals surface area contributed by atoms with E-state index in [0.717, 1.165) is 36.6 Å². The van der Waals surface area contributed by atoms with Crippen molar-refractivity contribution in [2.75, 3.05) is 6.54 Å². The van der Waals surface area contributed by atoms with Crippen molar-refractivity contribution in [3.05, 3.63) is 16.9 Å². The van der Waals surface area contributed by atoms with E-state index < -0.39 is 0 Å². The molecule has 1 heterocycles. The molecule has 0 radical (unpaired) electrons. The van der Waals surface area contributed by atoms with Crippen LogP contribution in [0.1, 0.15) is 58.7 Å². The molecule has 2 atom stereocenters. The molecule has 0 spiro atoms. The Kier molecular flexibility index (Phi) is 6.72. The van der Waals surface area contributed by atoms with E-state index in [9.17, 15) is 0 Å². The molecule has 0 aliphatic heterocycles. The average Bonchev–Trinajstić information content (AvgIpc) is 2.70. The summed E-state index contributed by atoms with van der Waals surface area (Å²) in [6.45, 7) is 10.7. The number of hydrogen-bond donors (Lipinski definition) is 1. The van der Waals surface area contributed by atoms with Crippen molar-refractivity contribution in [3.63, 3.8) is 0 Å². The summed E-state index contributed by atoms with van der Waals surface area (Å²) in [4.78, 5) is 0. The van der Waals surface area contributed by atoms with Crippen LogP contribution < -0.4 is 5.32 Å². The minimum Gasteiger partial charge on any atom is -0.309 e. The Labute approximate surface area is 116 Å². The van der Waals surface area contributed by atoms with Gasteiger partial charge in [0, 0.05) is 6.54 Å². The van der Waals surface area contributed by atoms with Gasteiger partial charge in [-0.1, -0.05) is 45.7 Å². The SMILES string of the molecule is CCCn1ncc(Cl)c1C(CC(C)CC)NCC. The standard InChI is InChI=1S/C14H26ClN3/c1-5-8-18-14(12(15)10-17-18)13(16-7-3)9-11(4)6-2/h10-11,13,16H,5-9H2,1-4H3. The Bertz CT molecular complexity index is 349. The first-order valence-corrected chi connectivity index (χ1v) is 7.46. The van der Waals surface area contributed by atoms with Crippen molar-refractivity contribution in [2.45, 2.75) is 59.5 Å². The molecule has 0 saturated heterocycles. The molecule has 4 heteroatoms. The summed E-state index contributed by atoms with van der Waals surface area (Å²) in [5.74, 6) is 0.690. The minimum atomic E-state index is 0.312. The van der Waals surface area contributed by atoms with E-state index in [0.29, 0.717) is 12.0 Å². The third-order valence-electron chi connectivity index (χ3n) is 3.38. The van der Waals surface area contributed by atoms with Gasteiger partial charge in [0.2, 0.25) is 0 Å². The molecular formula is C14H26ClN3. The topological polar surface area (TPSA) is 29.9 Å². The predicted molar refractivity (Wildman–Crippen MR) is 78.0 cm³/mol. The first kappa shape index (κ1) is 15.5. The molecule has 0 aliphatic carbocycles. The summed E-state index contributed by atoms with van der Waals surface area (Å²) in [6.07, 6.45) is 5.15. The molecule has 0 amide bonds. The number of rotatable bonds is 8. The van der Waals surface area contributed by atoms with Crippen molar-refractivity contribution in [3.8, 4) is 0 Å². The highest BCUT2D eigenvalue weighted by atomic mass is 35.5. The molecule has 0 bridgehead atoms. The highest BCUT2D eigenvalue weighted by molar-refractivity contribution is 6.31. The van der Waals surface area contributed by atoms with Crippen molar-refractivity contribution < 1.29 is 0 Å². The summed E-state index contributed by atoms with van der Waals surface area (Å²) in [5.41, 5.74) is 1.15. The van der Waals surface area contributed by atoms with Gasteiger partial charge in [-0.15, -0.1) is 0 Å². The fourth-order valence-electron chi connectivity index (χ4n) is 2.22. The normalized spacial score (nSPS) is 14.7.